The summed E-state index contributed by atoms with van der Waals surface area (Å²) in [4.78, 5) is 55.5. The lowest BCUT2D eigenvalue weighted by molar-refractivity contribution is -0.141. The third kappa shape index (κ3) is 6.79. The lowest BCUT2D eigenvalue weighted by Gasteiger charge is -2.32. The Kier molecular flexibility index (Phi) is 9.26. The molecule has 7 heteroatoms. The van der Waals surface area contributed by atoms with Crippen molar-refractivity contribution < 1.29 is 19.2 Å². The molecule has 7 nitrogen and oxygen atoms in total. The van der Waals surface area contributed by atoms with Gasteiger partial charge in [-0.2, -0.15) is 0 Å². The molecule has 39 heavy (non-hydrogen) atoms. The summed E-state index contributed by atoms with van der Waals surface area (Å²) in [6.07, 6.45) is 1.58. The van der Waals surface area contributed by atoms with Gasteiger partial charge >= 0.3 is 0 Å². The summed E-state index contributed by atoms with van der Waals surface area (Å²) in [6, 6.07) is 23.6. The monoisotopic (exact) mass is 525 g/mol. The molecular formula is C32H35N3O4. The summed E-state index contributed by atoms with van der Waals surface area (Å²) in [5.41, 5.74) is 3.78. The molecule has 0 aliphatic carbocycles. The fourth-order valence-corrected chi connectivity index (χ4v) is 4.78. The van der Waals surface area contributed by atoms with Crippen molar-refractivity contribution in [1.82, 2.24) is 15.1 Å². The van der Waals surface area contributed by atoms with Crippen LogP contribution in [0.1, 0.15) is 63.6 Å². The van der Waals surface area contributed by atoms with Crippen molar-refractivity contribution in [3.05, 3.63) is 107 Å². The first-order chi connectivity index (χ1) is 18.9. The van der Waals surface area contributed by atoms with Crippen LogP contribution in [0.25, 0.3) is 0 Å². The first kappa shape index (κ1) is 27.8. The molecule has 1 N–H and O–H groups in total. The number of aryl methyl sites for hydroxylation is 1. The van der Waals surface area contributed by atoms with Crippen molar-refractivity contribution in [1.29, 1.82) is 0 Å². The SMILES string of the molecule is CCCNC(=O)[C@@H](Cc1ccccc1)N(Cc1ccc(C)cc1)C(=O)CCCN1C(=O)c2ccccc2C1=O. The van der Waals surface area contributed by atoms with Crippen LogP contribution in [0.3, 0.4) is 0 Å². The van der Waals surface area contributed by atoms with E-state index in [2.05, 4.69) is 5.32 Å². The zero-order valence-electron chi connectivity index (χ0n) is 22.6. The van der Waals surface area contributed by atoms with Crippen molar-refractivity contribution >= 4 is 23.6 Å². The summed E-state index contributed by atoms with van der Waals surface area (Å²) in [6.45, 7) is 4.94. The Bertz CT molecular complexity index is 1290. The lowest BCUT2D eigenvalue weighted by Crippen LogP contribution is -2.50. The number of nitrogens with zero attached hydrogens (tertiary/aromatic N) is 2. The van der Waals surface area contributed by atoms with Crippen LogP contribution in [-0.4, -0.2) is 52.6 Å². The molecule has 0 fully saturated rings. The third-order valence-corrected chi connectivity index (χ3v) is 6.94. The quantitative estimate of drug-likeness (QED) is 0.352. The van der Waals surface area contributed by atoms with Gasteiger partial charge in [-0.05, 0) is 43.0 Å². The fraction of sp³-hybridized carbons (Fsp3) is 0.312. The Morgan fingerprint density at radius 3 is 2.08 bits per heavy atom. The predicted molar refractivity (Wildman–Crippen MR) is 150 cm³/mol. The molecule has 0 saturated carbocycles. The zero-order chi connectivity index (χ0) is 27.8. The van der Waals surface area contributed by atoms with Crippen LogP contribution in [0.5, 0.6) is 0 Å². The fourth-order valence-electron chi connectivity index (χ4n) is 4.78. The van der Waals surface area contributed by atoms with Crippen LogP contribution in [0.4, 0.5) is 0 Å². The lowest BCUT2D eigenvalue weighted by atomic mass is 10.0. The van der Waals surface area contributed by atoms with E-state index in [0.717, 1.165) is 23.1 Å². The van der Waals surface area contributed by atoms with Crippen molar-refractivity contribution in [3.63, 3.8) is 0 Å². The smallest absolute Gasteiger partial charge is 0.261 e. The summed E-state index contributed by atoms with van der Waals surface area (Å²) >= 11 is 0. The zero-order valence-corrected chi connectivity index (χ0v) is 22.6. The molecule has 0 spiro atoms. The van der Waals surface area contributed by atoms with E-state index in [1.165, 1.54) is 4.90 Å². The van der Waals surface area contributed by atoms with Crippen LogP contribution in [-0.2, 0) is 22.6 Å². The number of nitrogens with one attached hydrogen (secondary N) is 1. The number of imide groups is 1. The average molecular weight is 526 g/mol. The Morgan fingerprint density at radius 1 is 0.846 bits per heavy atom. The third-order valence-electron chi connectivity index (χ3n) is 6.94. The highest BCUT2D eigenvalue weighted by Gasteiger charge is 2.35. The molecule has 4 rings (SSSR count). The van der Waals surface area contributed by atoms with Crippen LogP contribution >= 0.6 is 0 Å². The molecule has 0 bridgehead atoms. The normalized spacial score (nSPS) is 13.2. The average Bonchev–Trinajstić information content (AvgIpc) is 3.20. The van der Waals surface area contributed by atoms with Crippen molar-refractivity contribution in [2.75, 3.05) is 13.1 Å². The van der Waals surface area contributed by atoms with E-state index in [0.29, 0.717) is 30.5 Å². The maximum atomic E-state index is 13.7. The molecule has 3 aromatic carbocycles. The minimum atomic E-state index is -0.702. The molecule has 0 unspecified atom stereocenters. The maximum Gasteiger partial charge on any atom is 0.261 e. The van der Waals surface area contributed by atoms with E-state index >= 15 is 0 Å². The standard InChI is InChI=1S/C32H35N3O4/c1-3-19-33-30(37)28(21-24-10-5-4-6-11-24)35(22-25-17-15-23(2)16-18-25)29(36)14-9-20-34-31(38)26-12-7-8-13-27(26)32(34)39/h4-8,10-13,15-18,28H,3,9,14,19-22H2,1-2H3,(H,33,37)/t28-/m1/s1. The van der Waals surface area contributed by atoms with Crippen LogP contribution in [0.2, 0.25) is 0 Å². The molecule has 202 valence electrons. The summed E-state index contributed by atoms with van der Waals surface area (Å²) in [5.74, 6) is -1.05. The Hall–Kier alpha value is -4.26. The van der Waals surface area contributed by atoms with Gasteiger partial charge in [0.1, 0.15) is 6.04 Å². The van der Waals surface area contributed by atoms with E-state index in [9.17, 15) is 19.2 Å². The van der Waals surface area contributed by atoms with Crippen molar-refractivity contribution in [2.45, 2.75) is 52.1 Å². The molecule has 0 radical (unpaired) electrons. The highest BCUT2D eigenvalue weighted by atomic mass is 16.2. The van der Waals surface area contributed by atoms with Gasteiger partial charge in [-0.3, -0.25) is 24.1 Å². The van der Waals surface area contributed by atoms with Gasteiger partial charge < -0.3 is 10.2 Å². The van der Waals surface area contributed by atoms with Gasteiger partial charge in [0.15, 0.2) is 0 Å². The van der Waals surface area contributed by atoms with E-state index in [1.54, 1.807) is 29.2 Å². The first-order valence-electron chi connectivity index (χ1n) is 13.5. The van der Waals surface area contributed by atoms with E-state index in [-0.39, 0.29) is 43.1 Å². The largest absolute Gasteiger partial charge is 0.354 e. The molecule has 3 aromatic rings. The second kappa shape index (κ2) is 13.0. The number of hydrogen-bond donors (Lipinski definition) is 1. The highest BCUT2D eigenvalue weighted by Crippen LogP contribution is 2.23. The van der Waals surface area contributed by atoms with Crippen LogP contribution in [0, 0.1) is 6.92 Å². The summed E-state index contributed by atoms with van der Waals surface area (Å²) in [5, 5.41) is 2.98. The Labute approximate surface area is 229 Å². The number of carbonyl (C=O) groups excluding carboxylic acids is 4. The van der Waals surface area contributed by atoms with Gasteiger partial charge in [0.2, 0.25) is 11.8 Å². The first-order valence-corrected chi connectivity index (χ1v) is 13.5. The van der Waals surface area contributed by atoms with E-state index < -0.39 is 6.04 Å². The van der Waals surface area contributed by atoms with Gasteiger partial charge in [-0.1, -0.05) is 79.2 Å². The van der Waals surface area contributed by atoms with Gasteiger partial charge in [0.25, 0.3) is 11.8 Å². The number of amides is 4. The number of rotatable bonds is 12. The maximum absolute atomic E-state index is 13.7. The Balaban J connectivity index is 1.53. The van der Waals surface area contributed by atoms with E-state index in [1.807, 2.05) is 68.4 Å². The number of carbonyl (C=O) groups is 4. The molecule has 1 atom stereocenters. The number of hydrogen-bond acceptors (Lipinski definition) is 4. The Morgan fingerprint density at radius 2 is 1.46 bits per heavy atom. The molecule has 0 saturated heterocycles. The molecule has 4 amide bonds. The van der Waals surface area contributed by atoms with Gasteiger partial charge in [0, 0.05) is 32.5 Å². The van der Waals surface area contributed by atoms with Crippen molar-refractivity contribution in [2.24, 2.45) is 0 Å². The van der Waals surface area contributed by atoms with Gasteiger partial charge in [-0.25, -0.2) is 0 Å². The number of benzene rings is 3. The van der Waals surface area contributed by atoms with Gasteiger partial charge in [0.05, 0.1) is 11.1 Å². The summed E-state index contributed by atoms with van der Waals surface area (Å²) < 4.78 is 0. The molecule has 1 aliphatic rings. The minimum Gasteiger partial charge on any atom is -0.354 e. The van der Waals surface area contributed by atoms with Crippen molar-refractivity contribution in [3.8, 4) is 0 Å². The molecule has 0 aromatic heterocycles. The van der Waals surface area contributed by atoms with Gasteiger partial charge in [-0.15, -0.1) is 0 Å². The molecule has 1 heterocycles. The second-order valence-electron chi connectivity index (χ2n) is 9.91. The molecule has 1 aliphatic heterocycles. The van der Waals surface area contributed by atoms with E-state index in [4.69, 9.17) is 0 Å². The van der Waals surface area contributed by atoms with Crippen LogP contribution in [0.15, 0.2) is 78.9 Å². The molecular weight excluding hydrogens is 490 g/mol. The predicted octanol–water partition coefficient (Wildman–Crippen LogP) is 4.54. The topological polar surface area (TPSA) is 86.8 Å². The minimum absolute atomic E-state index is 0.103. The number of fused-ring (bicyclic) bond motifs is 1. The second-order valence-corrected chi connectivity index (χ2v) is 9.91. The summed E-state index contributed by atoms with van der Waals surface area (Å²) in [7, 11) is 0. The highest BCUT2D eigenvalue weighted by molar-refractivity contribution is 6.21. The van der Waals surface area contributed by atoms with Crippen LogP contribution < -0.4 is 5.32 Å².